The Bertz CT molecular complexity index is 731. The second-order valence-corrected chi connectivity index (χ2v) is 9.34. The lowest BCUT2D eigenvalue weighted by Crippen LogP contribution is -2.50. The van der Waals surface area contributed by atoms with Crippen LogP contribution >= 0.6 is 12.4 Å². The molecular formula is C19H30ClN3O3S. The molecule has 2 aliphatic rings. The molecule has 1 atom stereocenters. The average molecular weight is 416 g/mol. The van der Waals surface area contributed by atoms with E-state index in [9.17, 15) is 13.2 Å². The van der Waals surface area contributed by atoms with Crippen LogP contribution in [0.3, 0.4) is 0 Å². The molecule has 1 N–H and O–H groups in total. The average Bonchev–Trinajstić information content (AvgIpc) is 2.68. The van der Waals surface area contributed by atoms with Crippen LogP contribution in [0.25, 0.3) is 0 Å². The number of hydrogen-bond acceptors (Lipinski definition) is 4. The number of piperidine rings is 2. The normalized spacial score (nSPS) is 22.3. The number of hydrogen-bond donors (Lipinski definition) is 1. The van der Waals surface area contributed by atoms with E-state index >= 15 is 0 Å². The van der Waals surface area contributed by atoms with Crippen LogP contribution in [0, 0.1) is 12.8 Å². The molecule has 1 unspecified atom stereocenters. The summed E-state index contributed by atoms with van der Waals surface area (Å²) in [5.74, 6) is 0.132. The minimum Gasteiger partial charge on any atom is -0.341 e. The fourth-order valence-corrected chi connectivity index (χ4v) is 5.34. The maximum atomic E-state index is 12.8. The lowest BCUT2D eigenvalue weighted by molar-refractivity contribution is -0.138. The van der Waals surface area contributed by atoms with Crippen LogP contribution in [0.2, 0.25) is 0 Å². The summed E-state index contributed by atoms with van der Waals surface area (Å²) in [5.41, 5.74) is 1.04. The third kappa shape index (κ3) is 5.02. The van der Waals surface area contributed by atoms with Gasteiger partial charge in [-0.15, -0.1) is 12.4 Å². The minimum atomic E-state index is -3.47. The molecule has 6 nitrogen and oxygen atoms in total. The lowest BCUT2D eigenvalue weighted by Gasteiger charge is -2.37. The molecule has 2 aliphatic heterocycles. The van der Waals surface area contributed by atoms with Crippen LogP contribution in [0.5, 0.6) is 0 Å². The molecule has 27 heavy (non-hydrogen) atoms. The molecule has 0 aromatic heterocycles. The Labute approximate surface area is 168 Å². The fourth-order valence-electron chi connectivity index (χ4n) is 3.87. The maximum absolute atomic E-state index is 12.8. The van der Waals surface area contributed by atoms with Gasteiger partial charge >= 0.3 is 0 Å². The minimum absolute atomic E-state index is 0. The summed E-state index contributed by atoms with van der Waals surface area (Å²) in [6.45, 7) is 4.34. The molecule has 1 aromatic rings. The monoisotopic (exact) mass is 415 g/mol. The molecule has 152 valence electrons. The van der Waals surface area contributed by atoms with E-state index in [-0.39, 0.29) is 24.2 Å². The van der Waals surface area contributed by atoms with Crippen molar-refractivity contribution in [2.45, 2.75) is 43.5 Å². The molecule has 0 aliphatic carbocycles. The molecule has 2 heterocycles. The summed E-state index contributed by atoms with van der Waals surface area (Å²) in [4.78, 5) is 15.1. The van der Waals surface area contributed by atoms with Crippen LogP contribution in [0.15, 0.2) is 29.2 Å². The molecule has 0 bridgehead atoms. The van der Waals surface area contributed by atoms with Crippen molar-refractivity contribution >= 4 is 28.3 Å². The highest BCUT2D eigenvalue weighted by Crippen LogP contribution is 2.26. The zero-order valence-corrected chi connectivity index (χ0v) is 17.7. The van der Waals surface area contributed by atoms with E-state index < -0.39 is 10.0 Å². The number of sulfonamides is 1. The van der Waals surface area contributed by atoms with Crippen molar-refractivity contribution in [2.24, 2.45) is 5.92 Å². The van der Waals surface area contributed by atoms with Gasteiger partial charge in [0.25, 0.3) is 0 Å². The molecule has 0 saturated carbocycles. The molecular weight excluding hydrogens is 386 g/mol. The van der Waals surface area contributed by atoms with E-state index in [1.54, 1.807) is 12.1 Å². The standard InChI is InChI=1S/C19H29N3O3S.ClH/c1-15-5-7-18(8-6-15)26(24,25)22-12-9-16(10-13-22)19(23)21-11-3-4-17(14-21)20-2;/h5-8,16-17,20H,3-4,9-14H2,1-2H3;1H. The van der Waals surface area contributed by atoms with Gasteiger partial charge in [-0.1, -0.05) is 17.7 Å². The number of carbonyl (C=O) groups excluding carboxylic acids is 1. The van der Waals surface area contributed by atoms with Gasteiger partial charge in [-0.3, -0.25) is 4.79 Å². The Morgan fingerprint density at radius 2 is 1.70 bits per heavy atom. The summed E-state index contributed by atoms with van der Waals surface area (Å²) >= 11 is 0. The molecule has 1 amide bonds. The molecule has 0 spiro atoms. The molecule has 2 saturated heterocycles. The number of rotatable bonds is 4. The van der Waals surface area contributed by atoms with E-state index in [1.165, 1.54) is 4.31 Å². The first kappa shape index (κ1) is 22.1. The zero-order chi connectivity index (χ0) is 18.7. The number of nitrogens with one attached hydrogen (secondary N) is 1. The van der Waals surface area contributed by atoms with E-state index in [4.69, 9.17) is 0 Å². The number of halogens is 1. The summed E-state index contributed by atoms with van der Waals surface area (Å²) in [6.07, 6.45) is 3.33. The number of nitrogens with zero attached hydrogens (tertiary/aromatic N) is 2. The van der Waals surface area contributed by atoms with Gasteiger partial charge in [0, 0.05) is 38.1 Å². The second kappa shape index (κ2) is 9.37. The highest BCUT2D eigenvalue weighted by Gasteiger charge is 2.34. The van der Waals surface area contributed by atoms with Crippen molar-refractivity contribution in [2.75, 3.05) is 33.2 Å². The molecule has 8 heteroatoms. The first-order valence-electron chi connectivity index (χ1n) is 9.44. The van der Waals surface area contributed by atoms with Crippen LogP contribution < -0.4 is 5.32 Å². The van der Waals surface area contributed by atoms with Crippen molar-refractivity contribution in [3.8, 4) is 0 Å². The Hall–Kier alpha value is -1.15. The number of benzene rings is 1. The smallest absolute Gasteiger partial charge is 0.243 e. The topological polar surface area (TPSA) is 69.7 Å². The zero-order valence-electron chi connectivity index (χ0n) is 16.1. The first-order valence-corrected chi connectivity index (χ1v) is 10.9. The van der Waals surface area contributed by atoms with Gasteiger partial charge < -0.3 is 10.2 Å². The van der Waals surface area contributed by atoms with E-state index in [2.05, 4.69) is 5.32 Å². The van der Waals surface area contributed by atoms with Gasteiger partial charge in [0.05, 0.1) is 4.90 Å². The van der Waals surface area contributed by atoms with E-state index in [0.29, 0.717) is 36.9 Å². The lowest BCUT2D eigenvalue weighted by atomic mass is 9.95. The van der Waals surface area contributed by atoms with Crippen LogP contribution in [-0.2, 0) is 14.8 Å². The third-order valence-corrected chi connectivity index (χ3v) is 7.52. The quantitative estimate of drug-likeness (QED) is 0.816. The molecule has 2 fully saturated rings. The number of aryl methyl sites for hydroxylation is 1. The number of amides is 1. The first-order chi connectivity index (χ1) is 12.4. The largest absolute Gasteiger partial charge is 0.341 e. The summed E-state index contributed by atoms with van der Waals surface area (Å²) in [5, 5.41) is 3.26. The van der Waals surface area contributed by atoms with E-state index in [0.717, 1.165) is 31.5 Å². The summed E-state index contributed by atoms with van der Waals surface area (Å²) in [7, 11) is -1.53. The Morgan fingerprint density at radius 3 is 2.30 bits per heavy atom. The third-order valence-electron chi connectivity index (χ3n) is 5.60. The van der Waals surface area contributed by atoms with Gasteiger partial charge in [-0.2, -0.15) is 4.31 Å². The van der Waals surface area contributed by atoms with Crippen molar-refractivity contribution in [1.82, 2.24) is 14.5 Å². The van der Waals surface area contributed by atoms with Crippen molar-refractivity contribution in [1.29, 1.82) is 0 Å². The Balaban J connectivity index is 0.00000261. The summed E-state index contributed by atoms with van der Waals surface area (Å²) < 4.78 is 27.1. The van der Waals surface area contributed by atoms with Crippen LogP contribution in [-0.4, -0.2) is 62.8 Å². The Morgan fingerprint density at radius 1 is 1.07 bits per heavy atom. The number of carbonyl (C=O) groups is 1. The predicted molar refractivity (Wildman–Crippen MR) is 109 cm³/mol. The van der Waals surface area contributed by atoms with E-state index in [1.807, 2.05) is 31.0 Å². The van der Waals surface area contributed by atoms with Crippen LogP contribution in [0.4, 0.5) is 0 Å². The van der Waals surface area contributed by atoms with Crippen LogP contribution in [0.1, 0.15) is 31.2 Å². The van der Waals surface area contributed by atoms with Crippen molar-refractivity contribution in [3.05, 3.63) is 29.8 Å². The molecule has 0 radical (unpaired) electrons. The molecule has 1 aromatic carbocycles. The van der Waals surface area contributed by atoms with Gasteiger partial charge in [0.15, 0.2) is 0 Å². The van der Waals surface area contributed by atoms with Gasteiger partial charge in [-0.05, 0) is 51.8 Å². The number of likely N-dealkylation sites (tertiary alicyclic amines) is 1. The predicted octanol–water partition coefficient (Wildman–Crippen LogP) is 2.03. The second-order valence-electron chi connectivity index (χ2n) is 7.40. The maximum Gasteiger partial charge on any atom is 0.243 e. The fraction of sp³-hybridized carbons (Fsp3) is 0.632. The Kier molecular flexibility index (Phi) is 7.68. The highest BCUT2D eigenvalue weighted by atomic mass is 35.5. The number of likely N-dealkylation sites (N-methyl/N-ethyl adjacent to an activating group) is 1. The van der Waals surface area contributed by atoms with Gasteiger partial charge in [0.2, 0.25) is 15.9 Å². The highest BCUT2D eigenvalue weighted by molar-refractivity contribution is 7.89. The summed E-state index contributed by atoms with van der Waals surface area (Å²) in [6, 6.07) is 7.32. The van der Waals surface area contributed by atoms with Gasteiger partial charge in [0.1, 0.15) is 0 Å². The SMILES string of the molecule is CNC1CCCN(C(=O)C2CCN(S(=O)(=O)c3ccc(C)cc3)CC2)C1.Cl. The van der Waals surface area contributed by atoms with Gasteiger partial charge in [-0.25, -0.2) is 8.42 Å². The van der Waals surface area contributed by atoms with Crippen molar-refractivity contribution < 1.29 is 13.2 Å². The van der Waals surface area contributed by atoms with Crippen molar-refractivity contribution in [3.63, 3.8) is 0 Å². The molecule has 3 rings (SSSR count).